The number of rotatable bonds is 29. The van der Waals surface area contributed by atoms with Crippen LogP contribution in [0.15, 0.2) is 0 Å². The van der Waals surface area contributed by atoms with Crippen molar-refractivity contribution in [3.05, 3.63) is 0 Å². The molecule has 45 heavy (non-hydrogen) atoms. The molecule has 3 aliphatic heterocycles. The van der Waals surface area contributed by atoms with Crippen molar-refractivity contribution in [2.24, 2.45) is 0 Å². The molecule has 1 amide bonds. The molecule has 3 rings (SSSR count). The second-order valence-corrected chi connectivity index (χ2v) is 12.0. The molecule has 3 saturated heterocycles. The SMILES string of the molecule is O=C(O)CCCCC(=O)NCCN(CCNCl)CC(O)CCl.OC(COCC(CCCC1CO1)OCC1CO1)COCC1CO1. The van der Waals surface area contributed by atoms with E-state index in [0.717, 1.165) is 39.1 Å². The van der Waals surface area contributed by atoms with Crippen LogP contribution in [0.25, 0.3) is 0 Å². The summed E-state index contributed by atoms with van der Waals surface area (Å²) in [5, 5.41) is 30.6. The summed E-state index contributed by atoms with van der Waals surface area (Å²) in [6, 6.07) is 0. The summed E-state index contributed by atoms with van der Waals surface area (Å²) in [5.74, 6) is -0.790. The minimum atomic E-state index is -0.846. The highest BCUT2D eigenvalue weighted by atomic mass is 35.5. The van der Waals surface area contributed by atoms with E-state index < -0.39 is 18.2 Å². The third-order valence-corrected chi connectivity index (χ3v) is 7.51. The van der Waals surface area contributed by atoms with Crippen molar-refractivity contribution in [1.29, 1.82) is 0 Å². The fraction of sp³-hybridized carbons (Fsp3) is 0.931. The third-order valence-electron chi connectivity index (χ3n) is 6.97. The number of nitrogens with one attached hydrogen (secondary N) is 2. The van der Waals surface area contributed by atoms with E-state index in [-0.39, 0.29) is 49.7 Å². The Balaban J connectivity index is 0.000000314. The highest BCUT2D eigenvalue weighted by Gasteiger charge is 2.26. The second kappa shape index (κ2) is 25.2. The molecule has 264 valence electrons. The summed E-state index contributed by atoms with van der Waals surface area (Å²) in [6.07, 6.45) is 4.31. The number of aliphatic hydroxyl groups is 2. The topological polar surface area (TPSA) is 187 Å². The molecular weight excluding hydrogens is 637 g/mol. The number of ether oxygens (including phenoxy) is 6. The molecule has 0 bridgehead atoms. The fourth-order valence-corrected chi connectivity index (χ4v) is 4.34. The number of unbranched alkanes of at least 4 members (excludes halogenated alkanes) is 1. The average Bonchev–Trinajstić information content (AvgIpc) is 3.85. The molecule has 0 aromatic rings. The zero-order valence-electron chi connectivity index (χ0n) is 26.1. The molecule has 0 saturated carbocycles. The Labute approximate surface area is 276 Å². The van der Waals surface area contributed by atoms with Gasteiger partial charge in [-0.05, 0) is 43.9 Å². The number of nitrogens with zero attached hydrogens (tertiary/aromatic N) is 1. The van der Waals surface area contributed by atoms with Crippen molar-refractivity contribution < 1.29 is 53.3 Å². The Hall–Kier alpha value is -0.880. The van der Waals surface area contributed by atoms with E-state index in [9.17, 15) is 19.8 Å². The average molecular weight is 691 g/mol. The molecule has 0 aliphatic carbocycles. The fourth-order valence-electron chi connectivity index (χ4n) is 4.16. The lowest BCUT2D eigenvalue weighted by molar-refractivity contribution is -0.137. The lowest BCUT2D eigenvalue weighted by Crippen LogP contribution is -2.41. The Morgan fingerprint density at radius 1 is 0.867 bits per heavy atom. The predicted octanol–water partition coefficient (Wildman–Crippen LogP) is 0.525. The van der Waals surface area contributed by atoms with Gasteiger partial charge in [0.15, 0.2) is 0 Å². The van der Waals surface area contributed by atoms with Crippen molar-refractivity contribution in [1.82, 2.24) is 15.1 Å². The first-order valence-corrected chi connectivity index (χ1v) is 16.8. The molecule has 0 radical (unpaired) electrons. The predicted molar refractivity (Wildman–Crippen MR) is 167 cm³/mol. The van der Waals surface area contributed by atoms with Crippen LogP contribution in [0, 0.1) is 0 Å². The number of carboxylic acid groups (broad SMARTS) is 1. The van der Waals surface area contributed by atoms with Gasteiger partial charge in [-0.3, -0.25) is 14.5 Å². The summed E-state index contributed by atoms with van der Waals surface area (Å²) < 4.78 is 32.2. The van der Waals surface area contributed by atoms with Crippen LogP contribution < -0.4 is 10.2 Å². The Morgan fingerprint density at radius 2 is 1.51 bits per heavy atom. The van der Waals surface area contributed by atoms with Gasteiger partial charge in [0.1, 0.15) is 18.3 Å². The van der Waals surface area contributed by atoms with Crippen LogP contribution in [0.2, 0.25) is 0 Å². The number of hydrogen-bond acceptors (Lipinski definition) is 12. The van der Waals surface area contributed by atoms with E-state index in [0.29, 0.717) is 77.9 Å². The number of aliphatic carboxylic acids is 1. The van der Waals surface area contributed by atoms with Crippen LogP contribution in [0.5, 0.6) is 0 Å². The molecule has 0 aromatic carbocycles. The number of carbonyl (C=O) groups is 2. The van der Waals surface area contributed by atoms with Gasteiger partial charge < -0.3 is 49.1 Å². The zero-order chi connectivity index (χ0) is 32.7. The Morgan fingerprint density at radius 3 is 2.16 bits per heavy atom. The van der Waals surface area contributed by atoms with Gasteiger partial charge in [-0.15, -0.1) is 11.6 Å². The van der Waals surface area contributed by atoms with Crippen LogP contribution in [-0.2, 0) is 38.0 Å². The molecule has 14 nitrogen and oxygen atoms in total. The summed E-state index contributed by atoms with van der Waals surface area (Å²) in [7, 11) is 0. The maximum atomic E-state index is 11.6. The molecule has 16 heteroatoms. The number of halogens is 2. The first-order chi connectivity index (χ1) is 21.8. The molecular formula is C29H53Cl2N3O11. The van der Waals surface area contributed by atoms with E-state index in [1.165, 1.54) is 0 Å². The summed E-state index contributed by atoms with van der Waals surface area (Å²) in [5.41, 5.74) is 0. The van der Waals surface area contributed by atoms with E-state index in [4.69, 9.17) is 56.9 Å². The first kappa shape index (κ1) is 40.3. The summed E-state index contributed by atoms with van der Waals surface area (Å²) in [6.45, 7) is 7.29. The monoisotopic (exact) mass is 689 g/mol. The minimum absolute atomic E-state index is 0.0472. The van der Waals surface area contributed by atoms with Crippen LogP contribution in [-0.4, -0.2) is 160 Å². The minimum Gasteiger partial charge on any atom is -0.481 e. The molecule has 3 aliphatic rings. The maximum Gasteiger partial charge on any atom is 0.303 e. The largest absolute Gasteiger partial charge is 0.481 e. The quantitative estimate of drug-likeness (QED) is 0.0317. The van der Waals surface area contributed by atoms with Crippen molar-refractivity contribution in [3.8, 4) is 0 Å². The highest BCUT2D eigenvalue weighted by molar-refractivity contribution is 6.18. The molecule has 5 N–H and O–H groups in total. The Kier molecular flexibility index (Phi) is 22.5. The summed E-state index contributed by atoms with van der Waals surface area (Å²) >= 11 is 11.0. The Bertz CT molecular complexity index is 780. The van der Waals surface area contributed by atoms with Crippen molar-refractivity contribution in [3.63, 3.8) is 0 Å². The molecule has 0 spiro atoms. The molecule has 3 fully saturated rings. The van der Waals surface area contributed by atoms with Crippen LogP contribution >= 0.6 is 23.4 Å². The van der Waals surface area contributed by atoms with E-state index in [2.05, 4.69) is 10.2 Å². The molecule has 6 atom stereocenters. The van der Waals surface area contributed by atoms with Gasteiger partial charge in [0.25, 0.3) is 0 Å². The number of epoxide rings is 3. The standard InChI is InChI=1S/C16H28O7.C13H25Cl2N3O4/c17-12(5-19-7-15-9-22-15)4-18-6-13(21-10-16-11-23-16)2-1-3-14-8-20-14;14-9-11(19)10-18(8-6-17-15)7-5-16-12(20)3-1-2-4-13(21)22/h12-17H,1-11H2;11,17,19H,1-10H2,(H,16,20)(H,21,22). The molecule has 3 heterocycles. The normalized spacial score (nSPS) is 21.8. The van der Waals surface area contributed by atoms with Crippen molar-refractivity contribution >= 4 is 35.3 Å². The highest BCUT2D eigenvalue weighted by Crippen LogP contribution is 2.19. The van der Waals surface area contributed by atoms with Gasteiger partial charge in [0.2, 0.25) is 5.91 Å². The maximum absolute atomic E-state index is 11.6. The van der Waals surface area contributed by atoms with Crippen LogP contribution in [0.3, 0.4) is 0 Å². The number of alkyl halides is 1. The third kappa shape index (κ3) is 24.9. The molecule has 6 unspecified atom stereocenters. The van der Waals surface area contributed by atoms with Crippen molar-refractivity contribution in [2.75, 3.05) is 91.5 Å². The van der Waals surface area contributed by atoms with Gasteiger partial charge in [0, 0.05) is 51.4 Å². The molecule has 0 aromatic heterocycles. The number of amides is 1. The first-order valence-electron chi connectivity index (χ1n) is 15.9. The van der Waals surface area contributed by atoms with Gasteiger partial charge >= 0.3 is 5.97 Å². The summed E-state index contributed by atoms with van der Waals surface area (Å²) in [4.78, 5) is 26.4. The lowest BCUT2D eigenvalue weighted by atomic mass is 10.1. The number of hydrogen-bond donors (Lipinski definition) is 5. The number of aliphatic hydroxyl groups excluding tert-OH is 2. The zero-order valence-corrected chi connectivity index (χ0v) is 27.6. The van der Waals surface area contributed by atoms with Gasteiger partial charge in [-0.1, -0.05) is 0 Å². The second-order valence-electron chi connectivity index (χ2n) is 11.4. The van der Waals surface area contributed by atoms with Crippen molar-refractivity contribution in [2.45, 2.75) is 81.6 Å². The smallest absolute Gasteiger partial charge is 0.303 e. The number of carboxylic acids is 1. The number of carbonyl (C=O) groups excluding carboxylic acids is 1. The van der Waals surface area contributed by atoms with Gasteiger partial charge in [-0.2, -0.15) is 0 Å². The van der Waals surface area contributed by atoms with E-state index >= 15 is 0 Å². The van der Waals surface area contributed by atoms with E-state index in [1.807, 2.05) is 4.90 Å². The van der Waals surface area contributed by atoms with Crippen LogP contribution in [0.4, 0.5) is 0 Å². The van der Waals surface area contributed by atoms with Crippen LogP contribution in [0.1, 0.15) is 44.9 Å². The van der Waals surface area contributed by atoms with Gasteiger partial charge in [-0.25, -0.2) is 4.84 Å². The lowest BCUT2D eigenvalue weighted by Gasteiger charge is -2.24. The van der Waals surface area contributed by atoms with Gasteiger partial charge in [0.05, 0.1) is 71.2 Å². The van der Waals surface area contributed by atoms with E-state index in [1.54, 1.807) is 0 Å².